The van der Waals surface area contributed by atoms with Gasteiger partial charge < -0.3 is 15.3 Å². The molecule has 0 aromatic heterocycles. The Bertz CT molecular complexity index is 153. The fourth-order valence-corrected chi connectivity index (χ4v) is 2.01. The molecular weight excluding hydrogens is 176 g/mol. The number of likely N-dealkylation sites (N-methyl/N-ethyl adjacent to an activating group) is 1. The van der Waals surface area contributed by atoms with E-state index >= 15 is 0 Å². The normalized spacial score (nSPS) is 21.4. The van der Waals surface area contributed by atoms with Gasteiger partial charge >= 0.3 is 0 Å². The lowest BCUT2D eigenvalue weighted by atomic mass is 9.85. The van der Waals surface area contributed by atoms with E-state index < -0.39 is 5.60 Å². The zero-order valence-electron chi connectivity index (χ0n) is 9.55. The van der Waals surface area contributed by atoms with Crippen LogP contribution in [0.5, 0.6) is 0 Å². The highest BCUT2D eigenvalue weighted by atomic mass is 16.3. The Hall–Kier alpha value is -0.120. The molecule has 3 heteroatoms. The van der Waals surface area contributed by atoms with E-state index in [4.69, 9.17) is 0 Å². The van der Waals surface area contributed by atoms with Crippen LogP contribution in [0.2, 0.25) is 0 Å². The number of hydrogen-bond acceptors (Lipinski definition) is 3. The maximum absolute atomic E-state index is 10.2. The third-order valence-electron chi connectivity index (χ3n) is 2.97. The molecule has 0 unspecified atom stereocenters. The summed E-state index contributed by atoms with van der Waals surface area (Å²) in [6, 6.07) is 0. The van der Waals surface area contributed by atoms with Gasteiger partial charge in [0.05, 0.1) is 5.60 Å². The molecule has 0 amide bonds. The fourth-order valence-electron chi connectivity index (χ4n) is 2.01. The van der Waals surface area contributed by atoms with Crippen molar-refractivity contribution in [2.24, 2.45) is 0 Å². The second kappa shape index (κ2) is 5.69. The molecule has 0 atom stereocenters. The summed E-state index contributed by atoms with van der Waals surface area (Å²) >= 11 is 0. The molecule has 3 nitrogen and oxygen atoms in total. The highest BCUT2D eigenvalue weighted by molar-refractivity contribution is 4.84. The van der Waals surface area contributed by atoms with Crippen LogP contribution in [0.1, 0.15) is 32.1 Å². The van der Waals surface area contributed by atoms with Crippen LogP contribution in [0.25, 0.3) is 0 Å². The number of aliphatic hydroxyl groups is 1. The molecule has 84 valence electrons. The van der Waals surface area contributed by atoms with Gasteiger partial charge in [-0.1, -0.05) is 19.3 Å². The highest BCUT2D eigenvalue weighted by Crippen LogP contribution is 2.27. The lowest BCUT2D eigenvalue weighted by Crippen LogP contribution is -2.43. The third-order valence-corrected chi connectivity index (χ3v) is 2.97. The average molecular weight is 200 g/mol. The SMILES string of the molecule is CN(C)CCNCC1(O)CCCCC1. The van der Waals surface area contributed by atoms with Gasteiger partial charge in [0.15, 0.2) is 0 Å². The van der Waals surface area contributed by atoms with E-state index in [0.29, 0.717) is 0 Å². The maximum atomic E-state index is 10.2. The van der Waals surface area contributed by atoms with Gasteiger partial charge in [-0.15, -0.1) is 0 Å². The van der Waals surface area contributed by atoms with Crippen molar-refractivity contribution in [3.8, 4) is 0 Å². The van der Waals surface area contributed by atoms with Crippen molar-refractivity contribution in [3.05, 3.63) is 0 Å². The highest BCUT2D eigenvalue weighted by Gasteiger charge is 2.28. The van der Waals surface area contributed by atoms with Gasteiger partial charge in [-0.25, -0.2) is 0 Å². The van der Waals surface area contributed by atoms with Crippen LogP contribution in [0.3, 0.4) is 0 Å². The van der Waals surface area contributed by atoms with Crippen molar-refractivity contribution in [1.82, 2.24) is 10.2 Å². The van der Waals surface area contributed by atoms with E-state index in [1.54, 1.807) is 0 Å². The number of hydrogen-bond donors (Lipinski definition) is 2. The minimum Gasteiger partial charge on any atom is -0.389 e. The van der Waals surface area contributed by atoms with Crippen molar-refractivity contribution >= 4 is 0 Å². The Balaban J connectivity index is 2.09. The number of nitrogens with zero attached hydrogens (tertiary/aromatic N) is 1. The summed E-state index contributed by atoms with van der Waals surface area (Å²) in [4.78, 5) is 2.15. The first-order valence-corrected chi connectivity index (χ1v) is 5.70. The average Bonchev–Trinajstić information content (AvgIpc) is 2.14. The summed E-state index contributed by atoms with van der Waals surface area (Å²) in [6.45, 7) is 2.77. The van der Waals surface area contributed by atoms with E-state index in [0.717, 1.165) is 32.5 Å². The molecule has 0 aromatic rings. The van der Waals surface area contributed by atoms with Gasteiger partial charge in [-0.2, -0.15) is 0 Å². The first kappa shape index (κ1) is 12.0. The molecule has 1 fully saturated rings. The molecule has 0 spiro atoms. The first-order chi connectivity index (χ1) is 6.62. The van der Waals surface area contributed by atoms with Crippen LogP contribution in [-0.4, -0.2) is 49.3 Å². The van der Waals surface area contributed by atoms with E-state index in [1.807, 2.05) is 0 Å². The Kier molecular flexibility index (Phi) is 4.85. The molecular formula is C11H24N2O. The van der Waals surface area contributed by atoms with Crippen molar-refractivity contribution in [3.63, 3.8) is 0 Å². The van der Waals surface area contributed by atoms with Crippen LogP contribution < -0.4 is 5.32 Å². The molecule has 0 radical (unpaired) electrons. The number of nitrogens with one attached hydrogen (secondary N) is 1. The zero-order chi connectivity index (χ0) is 10.4. The van der Waals surface area contributed by atoms with Gasteiger partial charge in [-0.3, -0.25) is 0 Å². The Morgan fingerprint density at radius 2 is 1.86 bits per heavy atom. The summed E-state index contributed by atoms with van der Waals surface area (Å²) in [5, 5.41) is 13.5. The van der Waals surface area contributed by atoms with E-state index in [-0.39, 0.29) is 0 Å². The minimum absolute atomic E-state index is 0.412. The molecule has 0 heterocycles. The summed E-state index contributed by atoms with van der Waals surface area (Å²) in [7, 11) is 4.13. The van der Waals surface area contributed by atoms with Gasteiger partial charge in [0, 0.05) is 19.6 Å². The smallest absolute Gasteiger partial charge is 0.0771 e. The molecule has 0 aliphatic heterocycles. The van der Waals surface area contributed by atoms with Crippen LogP contribution in [0.4, 0.5) is 0 Å². The molecule has 14 heavy (non-hydrogen) atoms. The molecule has 1 rings (SSSR count). The molecule has 0 aromatic carbocycles. The quantitative estimate of drug-likeness (QED) is 0.645. The number of rotatable bonds is 5. The second-order valence-electron chi connectivity index (χ2n) is 4.77. The second-order valence-corrected chi connectivity index (χ2v) is 4.77. The Labute approximate surface area is 87.5 Å². The Morgan fingerprint density at radius 3 is 2.43 bits per heavy atom. The van der Waals surface area contributed by atoms with E-state index in [1.165, 1.54) is 19.3 Å². The van der Waals surface area contributed by atoms with Gasteiger partial charge in [-0.05, 0) is 26.9 Å². The van der Waals surface area contributed by atoms with Gasteiger partial charge in [0.1, 0.15) is 0 Å². The lowest BCUT2D eigenvalue weighted by Gasteiger charge is -2.32. The maximum Gasteiger partial charge on any atom is 0.0771 e. The van der Waals surface area contributed by atoms with Crippen LogP contribution in [-0.2, 0) is 0 Å². The van der Waals surface area contributed by atoms with Crippen molar-refractivity contribution in [2.75, 3.05) is 33.7 Å². The van der Waals surface area contributed by atoms with Crippen molar-refractivity contribution < 1.29 is 5.11 Å². The molecule has 1 aliphatic rings. The minimum atomic E-state index is -0.412. The summed E-state index contributed by atoms with van der Waals surface area (Å²) < 4.78 is 0. The monoisotopic (exact) mass is 200 g/mol. The lowest BCUT2D eigenvalue weighted by molar-refractivity contribution is 0.00486. The van der Waals surface area contributed by atoms with Gasteiger partial charge in [0.2, 0.25) is 0 Å². The van der Waals surface area contributed by atoms with E-state index in [9.17, 15) is 5.11 Å². The van der Waals surface area contributed by atoms with Crippen molar-refractivity contribution in [1.29, 1.82) is 0 Å². The summed E-state index contributed by atoms with van der Waals surface area (Å²) in [6.07, 6.45) is 5.61. The molecule has 1 saturated carbocycles. The molecule has 2 N–H and O–H groups in total. The standard InChI is InChI=1S/C11H24N2O/c1-13(2)9-8-12-10-11(14)6-4-3-5-7-11/h12,14H,3-10H2,1-2H3. The summed E-state index contributed by atoms with van der Waals surface area (Å²) in [5.74, 6) is 0. The largest absolute Gasteiger partial charge is 0.389 e. The van der Waals surface area contributed by atoms with E-state index in [2.05, 4.69) is 24.3 Å². The third kappa shape index (κ3) is 4.40. The fraction of sp³-hybridized carbons (Fsp3) is 1.00. The molecule has 1 aliphatic carbocycles. The van der Waals surface area contributed by atoms with Crippen LogP contribution >= 0.6 is 0 Å². The predicted molar refractivity (Wildman–Crippen MR) is 59.5 cm³/mol. The topological polar surface area (TPSA) is 35.5 Å². The predicted octanol–water partition coefficient (Wildman–Crippen LogP) is 0.833. The van der Waals surface area contributed by atoms with Gasteiger partial charge in [0.25, 0.3) is 0 Å². The Morgan fingerprint density at radius 1 is 1.21 bits per heavy atom. The van der Waals surface area contributed by atoms with Crippen molar-refractivity contribution in [2.45, 2.75) is 37.7 Å². The summed E-state index contributed by atoms with van der Waals surface area (Å²) in [5.41, 5.74) is -0.412. The van der Waals surface area contributed by atoms with Crippen LogP contribution in [0.15, 0.2) is 0 Å². The van der Waals surface area contributed by atoms with Crippen LogP contribution in [0, 0.1) is 0 Å². The molecule has 0 saturated heterocycles. The molecule has 0 bridgehead atoms. The zero-order valence-corrected chi connectivity index (χ0v) is 9.55. The first-order valence-electron chi connectivity index (χ1n) is 5.70.